The number of halogens is 1. The molecule has 2 aromatic rings. The lowest BCUT2D eigenvalue weighted by Crippen LogP contribution is -2.27. The smallest absolute Gasteiger partial charge is 0.243 e. The zero-order chi connectivity index (χ0) is 20.8. The van der Waals surface area contributed by atoms with Crippen LogP contribution < -0.4 is 4.74 Å². The fourth-order valence-corrected chi connectivity index (χ4v) is 2.93. The van der Waals surface area contributed by atoms with Crippen molar-refractivity contribution in [2.24, 2.45) is 5.10 Å². The molecule has 0 radical (unpaired) electrons. The van der Waals surface area contributed by atoms with E-state index in [4.69, 9.17) is 10.00 Å². The second-order valence-corrected chi connectivity index (χ2v) is 6.83. The van der Waals surface area contributed by atoms with Crippen LogP contribution in [0.1, 0.15) is 42.0 Å². The van der Waals surface area contributed by atoms with Crippen LogP contribution in [0.5, 0.6) is 5.88 Å². The van der Waals surface area contributed by atoms with Gasteiger partial charge in [0.15, 0.2) is 0 Å². The Balaban J connectivity index is 1.51. The maximum Gasteiger partial charge on any atom is 0.243 e. The summed E-state index contributed by atoms with van der Waals surface area (Å²) >= 11 is 0. The molecule has 0 saturated heterocycles. The van der Waals surface area contributed by atoms with Crippen LogP contribution in [0.4, 0.5) is 4.39 Å². The number of hydrazone groups is 1. The molecule has 0 bridgehead atoms. The monoisotopic (exact) mass is 392 g/mol. The van der Waals surface area contributed by atoms with Crippen LogP contribution in [-0.4, -0.2) is 28.7 Å². The van der Waals surface area contributed by atoms with Crippen molar-refractivity contribution in [2.45, 2.75) is 32.2 Å². The zero-order valence-electron chi connectivity index (χ0n) is 16.1. The van der Waals surface area contributed by atoms with E-state index in [-0.39, 0.29) is 30.8 Å². The fraction of sp³-hybridized carbons (Fsp3) is 0.273. The number of hydrogen-bond donors (Lipinski definition) is 0. The van der Waals surface area contributed by atoms with Crippen LogP contribution in [0.25, 0.3) is 0 Å². The average Bonchev–Trinajstić information content (AvgIpc) is 3.23. The first-order chi connectivity index (χ1) is 14.0. The molecule has 0 saturated carbocycles. The van der Waals surface area contributed by atoms with Gasteiger partial charge in [-0.05, 0) is 42.2 Å². The molecule has 1 aromatic heterocycles. The molecule has 1 aromatic carbocycles. The summed E-state index contributed by atoms with van der Waals surface area (Å²) in [6.45, 7) is 5.86. The molecule has 0 N–H and O–H groups in total. The van der Waals surface area contributed by atoms with Crippen molar-refractivity contribution < 1.29 is 13.9 Å². The number of ether oxygens (including phenoxy) is 1. The Morgan fingerprint density at radius 3 is 2.90 bits per heavy atom. The number of aromatic nitrogens is 1. The van der Waals surface area contributed by atoms with Crippen LogP contribution in [0.2, 0.25) is 0 Å². The first kappa shape index (κ1) is 20.2. The minimum Gasteiger partial charge on any atom is -0.473 e. The molecular formula is C22H21FN4O2. The van der Waals surface area contributed by atoms with Gasteiger partial charge in [0.25, 0.3) is 0 Å². The van der Waals surface area contributed by atoms with Gasteiger partial charge >= 0.3 is 0 Å². The summed E-state index contributed by atoms with van der Waals surface area (Å²) < 4.78 is 19.4. The van der Waals surface area contributed by atoms with Gasteiger partial charge in [-0.1, -0.05) is 18.7 Å². The predicted octanol–water partition coefficient (Wildman–Crippen LogP) is 4.08. The summed E-state index contributed by atoms with van der Waals surface area (Å²) in [6, 6.07) is 9.94. The number of nitrogens with zero attached hydrogens (tertiary/aromatic N) is 4. The summed E-state index contributed by atoms with van der Waals surface area (Å²) in [5, 5.41) is 14.4. The third-order valence-electron chi connectivity index (χ3n) is 4.65. The summed E-state index contributed by atoms with van der Waals surface area (Å²) in [6.07, 6.45) is 4.33. The highest BCUT2D eigenvalue weighted by molar-refractivity contribution is 5.80. The second-order valence-electron chi connectivity index (χ2n) is 6.83. The molecule has 29 heavy (non-hydrogen) atoms. The van der Waals surface area contributed by atoms with E-state index < -0.39 is 0 Å². The number of pyridine rings is 1. The molecule has 1 unspecified atom stereocenters. The quantitative estimate of drug-likeness (QED) is 0.665. The number of amides is 1. The molecule has 6 nitrogen and oxygen atoms in total. The molecule has 0 fully saturated rings. The molecule has 1 aliphatic rings. The third-order valence-corrected chi connectivity index (χ3v) is 4.65. The number of aryl methyl sites for hydroxylation is 1. The third kappa shape index (κ3) is 5.05. The molecule has 2 heterocycles. The van der Waals surface area contributed by atoms with E-state index in [0.717, 1.165) is 11.1 Å². The van der Waals surface area contributed by atoms with E-state index in [0.29, 0.717) is 29.8 Å². The van der Waals surface area contributed by atoms with Gasteiger partial charge in [0, 0.05) is 31.3 Å². The first-order valence-electron chi connectivity index (χ1n) is 9.24. The first-order valence-corrected chi connectivity index (χ1v) is 9.24. The lowest BCUT2D eigenvalue weighted by Gasteiger charge is -2.22. The normalized spacial score (nSPS) is 15.2. The van der Waals surface area contributed by atoms with E-state index in [1.807, 2.05) is 12.1 Å². The summed E-state index contributed by atoms with van der Waals surface area (Å²) in [5.74, 6) is -0.0480. The standard InChI is InChI=1S/C22H21FN4O2/c1-15(14-29-21-7-5-17(12-24)13-25-21)3-8-22(28)27-20(9-10-26-27)18-6-4-16(2)19(23)11-18/h4-7,10-11,13,20H,1,3,8-9,14H2,2H3. The highest BCUT2D eigenvalue weighted by Crippen LogP contribution is 2.30. The Kier molecular flexibility index (Phi) is 6.35. The van der Waals surface area contributed by atoms with Crippen molar-refractivity contribution in [3.8, 4) is 11.9 Å². The van der Waals surface area contributed by atoms with E-state index in [9.17, 15) is 9.18 Å². The highest BCUT2D eigenvalue weighted by atomic mass is 19.1. The number of hydrogen-bond acceptors (Lipinski definition) is 5. The molecule has 7 heteroatoms. The minimum absolute atomic E-state index is 0.151. The Morgan fingerprint density at radius 2 is 2.21 bits per heavy atom. The van der Waals surface area contributed by atoms with Gasteiger partial charge in [-0.15, -0.1) is 0 Å². The Labute approximate surface area is 168 Å². The molecule has 1 aliphatic heterocycles. The summed E-state index contributed by atoms with van der Waals surface area (Å²) in [7, 11) is 0. The van der Waals surface area contributed by atoms with Crippen molar-refractivity contribution >= 4 is 12.1 Å². The topological polar surface area (TPSA) is 78.6 Å². The van der Waals surface area contributed by atoms with E-state index in [1.165, 1.54) is 17.3 Å². The SMILES string of the molecule is C=C(CCC(=O)N1N=CCC1c1ccc(C)c(F)c1)COc1ccc(C#N)cn1. The van der Waals surface area contributed by atoms with Crippen molar-refractivity contribution in [2.75, 3.05) is 6.61 Å². The maximum absolute atomic E-state index is 13.9. The lowest BCUT2D eigenvalue weighted by atomic mass is 10.0. The van der Waals surface area contributed by atoms with Crippen molar-refractivity contribution in [3.63, 3.8) is 0 Å². The van der Waals surface area contributed by atoms with Crippen LogP contribution in [0, 0.1) is 24.1 Å². The summed E-state index contributed by atoms with van der Waals surface area (Å²) in [4.78, 5) is 16.6. The number of carbonyl (C=O) groups excluding carboxylic acids is 1. The lowest BCUT2D eigenvalue weighted by molar-refractivity contribution is -0.133. The van der Waals surface area contributed by atoms with Gasteiger partial charge in [-0.3, -0.25) is 4.79 Å². The second kappa shape index (κ2) is 9.11. The average molecular weight is 392 g/mol. The van der Waals surface area contributed by atoms with Gasteiger partial charge < -0.3 is 4.74 Å². The number of carbonyl (C=O) groups is 1. The highest BCUT2D eigenvalue weighted by Gasteiger charge is 2.28. The number of rotatable bonds is 7. The molecular weight excluding hydrogens is 371 g/mol. The Bertz CT molecular complexity index is 979. The molecule has 1 amide bonds. The van der Waals surface area contributed by atoms with E-state index >= 15 is 0 Å². The predicted molar refractivity (Wildman–Crippen MR) is 107 cm³/mol. The van der Waals surface area contributed by atoms with Gasteiger partial charge in [-0.25, -0.2) is 14.4 Å². The van der Waals surface area contributed by atoms with E-state index in [1.54, 1.807) is 31.3 Å². The van der Waals surface area contributed by atoms with Crippen molar-refractivity contribution in [1.82, 2.24) is 9.99 Å². The fourth-order valence-electron chi connectivity index (χ4n) is 2.93. The molecule has 3 rings (SSSR count). The number of nitriles is 1. The van der Waals surface area contributed by atoms with Crippen molar-refractivity contribution in [3.05, 3.63) is 71.2 Å². The molecule has 148 valence electrons. The van der Waals surface area contributed by atoms with Gasteiger partial charge in [0.1, 0.15) is 18.5 Å². The zero-order valence-corrected chi connectivity index (χ0v) is 16.1. The van der Waals surface area contributed by atoms with Gasteiger partial charge in [0.05, 0.1) is 11.6 Å². The van der Waals surface area contributed by atoms with Crippen molar-refractivity contribution in [1.29, 1.82) is 5.26 Å². The summed E-state index contributed by atoms with van der Waals surface area (Å²) in [5.41, 5.74) is 2.49. The van der Waals surface area contributed by atoms with Crippen LogP contribution in [0.3, 0.4) is 0 Å². The van der Waals surface area contributed by atoms with Crippen LogP contribution in [-0.2, 0) is 4.79 Å². The maximum atomic E-state index is 13.9. The number of benzene rings is 1. The molecule has 1 atom stereocenters. The molecule has 0 spiro atoms. The van der Waals surface area contributed by atoms with Crippen LogP contribution in [0.15, 0.2) is 53.8 Å². The largest absolute Gasteiger partial charge is 0.473 e. The van der Waals surface area contributed by atoms with E-state index in [2.05, 4.69) is 16.7 Å². The Hall–Kier alpha value is -3.53. The molecule has 0 aliphatic carbocycles. The Morgan fingerprint density at radius 1 is 1.38 bits per heavy atom. The van der Waals surface area contributed by atoms with Crippen LogP contribution >= 0.6 is 0 Å². The minimum atomic E-state index is -0.288. The van der Waals surface area contributed by atoms with Gasteiger partial charge in [0.2, 0.25) is 11.8 Å². The van der Waals surface area contributed by atoms with Gasteiger partial charge in [-0.2, -0.15) is 10.4 Å².